The lowest BCUT2D eigenvalue weighted by atomic mass is 9.97. The van der Waals surface area contributed by atoms with Gasteiger partial charge in [0.15, 0.2) is 0 Å². The molecule has 5 heteroatoms. The third kappa shape index (κ3) is 9.18. The summed E-state index contributed by atoms with van der Waals surface area (Å²) in [5, 5.41) is 15.7. The summed E-state index contributed by atoms with van der Waals surface area (Å²) in [4.78, 5) is 2.26. The molecule has 0 saturated carbocycles. The molecule has 5 N–H and O–H groups in total. The summed E-state index contributed by atoms with van der Waals surface area (Å²) in [5.74, 6) is 0. The van der Waals surface area contributed by atoms with E-state index in [4.69, 9.17) is 11.1 Å². The maximum Gasteiger partial charge on any atom is 0.0861 e. The van der Waals surface area contributed by atoms with Crippen LogP contribution >= 0.6 is 11.3 Å². The molecule has 0 atom stereocenters. The van der Waals surface area contributed by atoms with Crippen molar-refractivity contribution in [1.29, 1.82) is 5.41 Å². The van der Waals surface area contributed by atoms with Gasteiger partial charge >= 0.3 is 0 Å². The number of nitrogens with one attached hydrogen (secondary N) is 3. The first kappa shape index (κ1) is 34.4. The maximum absolute atomic E-state index is 9.01. The molecular formula is C40H44N4S. The van der Waals surface area contributed by atoms with Gasteiger partial charge in [-0.05, 0) is 97.5 Å². The molecule has 0 radical (unpaired) electrons. The minimum Gasteiger partial charge on any atom is -0.398 e. The van der Waals surface area contributed by atoms with Crippen LogP contribution in [0.25, 0.3) is 16.7 Å². The zero-order chi connectivity index (χ0) is 33.1. The average molecular weight is 613 g/mol. The van der Waals surface area contributed by atoms with E-state index in [2.05, 4.69) is 67.8 Å². The minimum absolute atomic E-state index is 0.217. The van der Waals surface area contributed by atoms with Crippen LogP contribution in [-0.4, -0.2) is 5.71 Å². The molecule has 3 aromatic rings. The standard InChI is InChI=1S/C40H44N4S/c1-10-16-35(39-22-21-38(45-39)26(4)5)28(7)29(8)44-30(9)40(42)36-25-33(19-20-37(36)41)32(11-2)24-34(12-3)43-27(6)23-31-17-14-13-15-18-31/h10-22,24-25,42-44H,1,3-4,6,9,23,41H2,2,5,7-8H3/b29-28+,32-11+,34-24+,35-16+,42-40?. The average Bonchev–Trinajstić information content (AvgIpc) is 3.52. The highest BCUT2D eigenvalue weighted by atomic mass is 32.1. The Hall–Kier alpha value is -5.13. The lowest BCUT2D eigenvalue weighted by Gasteiger charge is -2.17. The van der Waals surface area contributed by atoms with Gasteiger partial charge < -0.3 is 16.4 Å². The second-order valence-corrected chi connectivity index (χ2v) is 11.8. The second-order valence-electron chi connectivity index (χ2n) is 10.7. The first-order chi connectivity index (χ1) is 21.5. The van der Waals surface area contributed by atoms with Crippen molar-refractivity contribution in [1.82, 2.24) is 10.6 Å². The van der Waals surface area contributed by atoms with Crippen LogP contribution in [0.1, 0.15) is 54.1 Å². The molecule has 0 saturated heterocycles. The lowest BCUT2D eigenvalue weighted by Crippen LogP contribution is -2.20. The van der Waals surface area contributed by atoms with Crippen molar-refractivity contribution in [2.45, 2.75) is 34.1 Å². The van der Waals surface area contributed by atoms with Crippen molar-refractivity contribution < 1.29 is 0 Å². The van der Waals surface area contributed by atoms with Gasteiger partial charge in [-0.1, -0.05) is 87.5 Å². The number of anilines is 1. The highest BCUT2D eigenvalue weighted by Crippen LogP contribution is 2.33. The van der Waals surface area contributed by atoms with Crippen molar-refractivity contribution in [2.75, 3.05) is 5.73 Å². The highest BCUT2D eigenvalue weighted by Gasteiger charge is 2.15. The first-order valence-electron chi connectivity index (χ1n) is 14.7. The monoisotopic (exact) mass is 612 g/mol. The van der Waals surface area contributed by atoms with Gasteiger partial charge in [0.25, 0.3) is 0 Å². The van der Waals surface area contributed by atoms with Crippen molar-refractivity contribution in [3.8, 4) is 0 Å². The minimum atomic E-state index is 0.217. The number of rotatable bonds is 15. The normalized spacial score (nSPS) is 12.6. The molecular weight excluding hydrogens is 569 g/mol. The second kappa shape index (κ2) is 16.1. The van der Waals surface area contributed by atoms with Crippen molar-refractivity contribution in [2.24, 2.45) is 0 Å². The molecule has 0 aliphatic carbocycles. The molecule has 0 bridgehead atoms. The molecule has 0 aliphatic heterocycles. The molecule has 0 fully saturated rings. The number of allylic oxidation sites excluding steroid dienone is 12. The summed E-state index contributed by atoms with van der Waals surface area (Å²) in [5.41, 5.74) is 16.9. The molecule has 4 nitrogen and oxygen atoms in total. The van der Waals surface area contributed by atoms with E-state index in [-0.39, 0.29) is 5.71 Å². The van der Waals surface area contributed by atoms with Gasteiger partial charge in [-0.2, -0.15) is 0 Å². The molecule has 0 unspecified atom stereocenters. The van der Waals surface area contributed by atoms with E-state index < -0.39 is 0 Å². The molecule has 0 aliphatic rings. The summed E-state index contributed by atoms with van der Waals surface area (Å²) in [7, 11) is 0. The van der Waals surface area contributed by atoms with Gasteiger partial charge in [0.2, 0.25) is 0 Å². The smallest absolute Gasteiger partial charge is 0.0861 e. The number of nitrogens with two attached hydrogens (primary N) is 1. The molecule has 3 rings (SSSR count). The Bertz CT molecular complexity index is 1760. The van der Waals surface area contributed by atoms with E-state index in [1.807, 2.05) is 82.3 Å². The maximum atomic E-state index is 9.01. The van der Waals surface area contributed by atoms with E-state index in [0.717, 1.165) is 54.7 Å². The molecule has 1 aromatic heterocycles. The summed E-state index contributed by atoms with van der Waals surface area (Å²) in [6.07, 6.45) is 10.3. The van der Waals surface area contributed by atoms with E-state index in [9.17, 15) is 0 Å². The molecule has 0 amide bonds. The Morgan fingerprint density at radius 2 is 1.62 bits per heavy atom. The Kier molecular flexibility index (Phi) is 12.3. The van der Waals surface area contributed by atoms with Gasteiger partial charge in [-0.25, -0.2) is 0 Å². The van der Waals surface area contributed by atoms with Crippen molar-refractivity contribution in [3.63, 3.8) is 0 Å². The Labute approximate surface area is 273 Å². The Morgan fingerprint density at radius 1 is 0.933 bits per heavy atom. The van der Waals surface area contributed by atoms with Crippen LogP contribution in [0.15, 0.2) is 152 Å². The Morgan fingerprint density at radius 3 is 2.22 bits per heavy atom. The van der Waals surface area contributed by atoms with Crippen LogP contribution in [0, 0.1) is 5.41 Å². The molecule has 1 heterocycles. The SMILES string of the molecule is C=C/C=C(\C(C)=C(/C)NC(=C)C(=N)c1cc(C(/C=C(\C=C)NC(=C)Cc2ccccc2)=C/C)ccc1N)c1ccc(C(=C)C)s1. The van der Waals surface area contributed by atoms with E-state index >= 15 is 0 Å². The van der Waals surface area contributed by atoms with E-state index in [0.29, 0.717) is 23.4 Å². The zero-order valence-corrected chi connectivity index (χ0v) is 27.7. The zero-order valence-electron chi connectivity index (χ0n) is 26.9. The third-order valence-electron chi connectivity index (χ3n) is 7.26. The van der Waals surface area contributed by atoms with Gasteiger partial charge in [0.1, 0.15) is 0 Å². The summed E-state index contributed by atoms with van der Waals surface area (Å²) >= 11 is 1.69. The van der Waals surface area contributed by atoms with Crippen LogP contribution < -0.4 is 16.4 Å². The first-order valence-corrected chi connectivity index (χ1v) is 15.5. The molecule has 0 spiro atoms. The van der Waals surface area contributed by atoms with Gasteiger partial charge in [-0.15, -0.1) is 11.3 Å². The number of hydrogen-bond acceptors (Lipinski definition) is 5. The number of hydrogen-bond donors (Lipinski definition) is 4. The summed E-state index contributed by atoms with van der Waals surface area (Å²) < 4.78 is 0. The molecule has 45 heavy (non-hydrogen) atoms. The Balaban J connectivity index is 1.83. The fourth-order valence-electron chi connectivity index (χ4n) is 4.66. The van der Waals surface area contributed by atoms with Crippen LogP contribution in [0.4, 0.5) is 5.69 Å². The van der Waals surface area contributed by atoms with Crippen LogP contribution in [-0.2, 0) is 6.42 Å². The summed E-state index contributed by atoms with van der Waals surface area (Å²) in [6.45, 7) is 28.4. The van der Waals surface area contributed by atoms with E-state index in [1.165, 1.54) is 5.56 Å². The van der Waals surface area contributed by atoms with Crippen LogP contribution in [0.3, 0.4) is 0 Å². The van der Waals surface area contributed by atoms with Gasteiger partial charge in [0, 0.05) is 44.5 Å². The van der Waals surface area contributed by atoms with Gasteiger partial charge in [0.05, 0.1) is 11.4 Å². The number of benzene rings is 2. The van der Waals surface area contributed by atoms with Crippen molar-refractivity contribution >= 4 is 39.5 Å². The predicted molar refractivity (Wildman–Crippen MR) is 200 cm³/mol. The fraction of sp³-hybridized carbons (Fsp3) is 0.125. The topological polar surface area (TPSA) is 73.9 Å². The summed E-state index contributed by atoms with van der Waals surface area (Å²) in [6, 6.07) is 20.1. The highest BCUT2D eigenvalue weighted by molar-refractivity contribution is 7.14. The van der Waals surface area contributed by atoms with Crippen LogP contribution in [0.5, 0.6) is 0 Å². The van der Waals surface area contributed by atoms with E-state index in [1.54, 1.807) is 23.5 Å². The lowest BCUT2D eigenvalue weighted by molar-refractivity contribution is 0.942. The van der Waals surface area contributed by atoms with Gasteiger partial charge in [-0.3, -0.25) is 5.41 Å². The fourth-order valence-corrected chi connectivity index (χ4v) is 5.67. The third-order valence-corrected chi connectivity index (χ3v) is 8.54. The quantitative estimate of drug-likeness (QED) is 0.0784. The number of thiophene rings is 1. The number of nitrogen functional groups attached to an aromatic ring is 1. The predicted octanol–water partition coefficient (Wildman–Crippen LogP) is 10.2. The largest absolute Gasteiger partial charge is 0.398 e. The molecule has 230 valence electrons. The molecule has 2 aromatic carbocycles. The van der Waals surface area contributed by atoms with Crippen LogP contribution in [0.2, 0.25) is 0 Å². The van der Waals surface area contributed by atoms with Crippen molar-refractivity contribution in [3.05, 3.63) is 179 Å².